The zero-order valence-corrected chi connectivity index (χ0v) is 15.1. The Morgan fingerprint density at radius 1 is 1.15 bits per heavy atom. The zero-order chi connectivity index (χ0) is 19.4. The number of hydrogen-bond donors (Lipinski definition) is 1. The molecule has 0 amide bonds. The maximum Gasteiger partial charge on any atom is 0.422 e. The maximum absolute atomic E-state index is 12.2. The first-order chi connectivity index (χ1) is 12.8. The van der Waals surface area contributed by atoms with Crippen LogP contribution >= 0.6 is 0 Å². The van der Waals surface area contributed by atoms with Gasteiger partial charge in [-0.3, -0.25) is 4.68 Å². The van der Waals surface area contributed by atoms with E-state index in [1.807, 2.05) is 12.3 Å². The molecule has 0 aliphatic carbocycles. The summed E-state index contributed by atoms with van der Waals surface area (Å²) in [5.74, 6) is 1.48. The zero-order valence-electron chi connectivity index (χ0n) is 15.1. The van der Waals surface area contributed by atoms with Gasteiger partial charge in [-0.1, -0.05) is 26.0 Å². The fraction of sp³-hybridized carbons (Fsp3) is 0.368. The second-order valence-electron chi connectivity index (χ2n) is 6.74. The number of nitrogens with zero attached hydrogens (tertiary/aromatic N) is 3. The number of hydrogen-bond acceptors (Lipinski definition) is 4. The van der Waals surface area contributed by atoms with E-state index in [0.29, 0.717) is 12.5 Å². The molecular weight excluding hydrogens is 357 g/mol. The molecule has 0 aliphatic rings. The Hall–Kier alpha value is -2.77. The third-order valence-electron chi connectivity index (χ3n) is 3.83. The molecule has 8 heteroatoms. The van der Waals surface area contributed by atoms with E-state index >= 15 is 0 Å². The summed E-state index contributed by atoms with van der Waals surface area (Å²) in [5.41, 5.74) is 1.74. The van der Waals surface area contributed by atoms with E-state index in [1.165, 1.54) is 12.1 Å². The fourth-order valence-electron chi connectivity index (χ4n) is 2.56. The minimum absolute atomic E-state index is 0.186. The predicted octanol–water partition coefficient (Wildman–Crippen LogP) is 4.49. The molecule has 0 saturated heterocycles. The number of anilines is 1. The van der Waals surface area contributed by atoms with E-state index in [0.717, 1.165) is 28.8 Å². The van der Waals surface area contributed by atoms with Gasteiger partial charge < -0.3 is 10.1 Å². The second-order valence-corrected chi connectivity index (χ2v) is 6.74. The van der Waals surface area contributed by atoms with Gasteiger partial charge in [-0.15, -0.1) is 0 Å². The van der Waals surface area contributed by atoms with Crippen LogP contribution in [-0.2, 0) is 6.54 Å². The molecule has 2 heterocycles. The molecule has 0 bridgehead atoms. The highest BCUT2D eigenvalue weighted by Gasteiger charge is 2.28. The van der Waals surface area contributed by atoms with E-state index < -0.39 is 12.8 Å². The summed E-state index contributed by atoms with van der Waals surface area (Å²) in [6, 6.07) is 8.37. The molecule has 0 spiro atoms. The molecule has 0 aliphatic heterocycles. The Kier molecular flexibility index (Phi) is 5.53. The average Bonchev–Trinajstić information content (AvgIpc) is 3.01. The first-order valence-electron chi connectivity index (χ1n) is 8.65. The monoisotopic (exact) mass is 378 g/mol. The van der Waals surface area contributed by atoms with Gasteiger partial charge in [0, 0.05) is 18.9 Å². The maximum atomic E-state index is 12.2. The van der Waals surface area contributed by atoms with Crippen molar-refractivity contribution in [3.8, 4) is 5.75 Å². The summed E-state index contributed by atoms with van der Waals surface area (Å²) in [4.78, 5) is 4.38. The Morgan fingerprint density at radius 2 is 1.89 bits per heavy atom. The van der Waals surface area contributed by atoms with Crippen LogP contribution < -0.4 is 10.1 Å². The Labute approximate surface area is 155 Å². The van der Waals surface area contributed by atoms with Gasteiger partial charge in [0.2, 0.25) is 0 Å². The lowest BCUT2D eigenvalue weighted by atomic mass is 10.2. The first kappa shape index (κ1) is 19.0. The number of fused-ring (bicyclic) bond motifs is 1. The molecule has 144 valence electrons. The predicted molar refractivity (Wildman–Crippen MR) is 97.9 cm³/mol. The lowest BCUT2D eigenvalue weighted by Gasteiger charge is -2.09. The Morgan fingerprint density at radius 3 is 2.56 bits per heavy atom. The van der Waals surface area contributed by atoms with E-state index in [-0.39, 0.29) is 5.75 Å². The number of aromatic nitrogens is 3. The molecule has 0 atom stereocenters. The third-order valence-corrected chi connectivity index (χ3v) is 3.83. The standard InChI is InChI=1S/C19H21F3N4O/c1-13(2)9-24-18-16-11-26(25-17(16)7-8-23-18)10-14-3-5-15(6-4-14)27-12-19(20,21)22/h3-8,11,13H,9-10,12H2,1-2H3,(H,23,24). The SMILES string of the molecule is CC(C)CNc1nccc2nn(Cc3ccc(OCC(F)(F)F)cc3)cc12. The van der Waals surface area contributed by atoms with Gasteiger partial charge in [0.15, 0.2) is 6.61 Å². The number of nitrogens with one attached hydrogen (secondary N) is 1. The summed E-state index contributed by atoms with van der Waals surface area (Å²) < 4.78 is 43.1. The molecule has 5 nitrogen and oxygen atoms in total. The minimum Gasteiger partial charge on any atom is -0.484 e. The topological polar surface area (TPSA) is 52.0 Å². The third kappa shape index (κ3) is 5.35. The van der Waals surface area contributed by atoms with Crippen molar-refractivity contribution in [3.63, 3.8) is 0 Å². The lowest BCUT2D eigenvalue weighted by molar-refractivity contribution is -0.153. The van der Waals surface area contributed by atoms with Crippen molar-refractivity contribution in [3.05, 3.63) is 48.3 Å². The molecule has 0 fully saturated rings. The molecule has 3 rings (SSSR count). The normalized spacial score (nSPS) is 11.9. The molecule has 1 N–H and O–H groups in total. The molecule has 0 unspecified atom stereocenters. The van der Waals surface area contributed by atoms with Crippen LogP contribution in [-0.4, -0.2) is 34.1 Å². The molecule has 0 saturated carbocycles. The number of benzene rings is 1. The second kappa shape index (κ2) is 7.85. The van der Waals surface area contributed by atoms with Crippen LogP contribution in [0, 0.1) is 5.92 Å². The quantitative estimate of drug-likeness (QED) is 0.658. The van der Waals surface area contributed by atoms with E-state index in [2.05, 4.69) is 29.2 Å². The van der Waals surface area contributed by atoms with Crippen LogP contribution in [0.3, 0.4) is 0 Å². The summed E-state index contributed by atoms with van der Waals surface area (Å²) in [5, 5.41) is 8.80. The fourth-order valence-corrected chi connectivity index (χ4v) is 2.56. The molecular formula is C19H21F3N4O. The molecule has 2 aromatic heterocycles. The summed E-state index contributed by atoms with van der Waals surface area (Å²) in [7, 11) is 0. The van der Waals surface area contributed by atoms with Crippen molar-refractivity contribution in [2.45, 2.75) is 26.6 Å². The van der Waals surface area contributed by atoms with Gasteiger partial charge in [0.05, 0.1) is 17.4 Å². The highest BCUT2D eigenvalue weighted by molar-refractivity contribution is 5.88. The van der Waals surface area contributed by atoms with Gasteiger partial charge in [-0.25, -0.2) is 4.98 Å². The minimum atomic E-state index is -4.34. The molecule has 1 aromatic carbocycles. The van der Waals surface area contributed by atoms with E-state index in [9.17, 15) is 13.2 Å². The lowest BCUT2D eigenvalue weighted by Crippen LogP contribution is -2.19. The number of alkyl halides is 3. The van der Waals surface area contributed by atoms with Crippen LogP contribution in [0.25, 0.3) is 10.9 Å². The van der Waals surface area contributed by atoms with Gasteiger partial charge in [0.1, 0.15) is 11.6 Å². The smallest absolute Gasteiger partial charge is 0.422 e. The van der Waals surface area contributed by atoms with Crippen molar-refractivity contribution in [1.29, 1.82) is 0 Å². The van der Waals surface area contributed by atoms with Crippen LogP contribution in [0.1, 0.15) is 19.4 Å². The Balaban J connectivity index is 1.70. The van der Waals surface area contributed by atoms with Crippen LogP contribution in [0.15, 0.2) is 42.7 Å². The van der Waals surface area contributed by atoms with Crippen LogP contribution in [0.2, 0.25) is 0 Å². The van der Waals surface area contributed by atoms with Gasteiger partial charge >= 0.3 is 6.18 Å². The van der Waals surface area contributed by atoms with Crippen molar-refractivity contribution in [1.82, 2.24) is 14.8 Å². The highest BCUT2D eigenvalue weighted by Crippen LogP contribution is 2.22. The van der Waals surface area contributed by atoms with Gasteiger partial charge in [-0.05, 0) is 29.7 Å². The van der Waals surface area contributed by atoms with Crippen LogP contribution in [0.4, 0.5) is 19.0 Å². The number of ether oxygens (including phenoxy) is 1. The van der Waals surface area contributed by atoms with Crippen molar-refractivity contribution < 1.29 is 17.9 Å². The first-order valence-corrected chi connectivity index (χ1v) is 8.65. The largest absolute Gasteiger partial charge is 0.484 e. The summed E-state index contributed by atoms with van der Waals surface area (Å²) in [6.07, 6.45) is -0.711. The van der Waals surface area contributed by atoms with E-state index in [4.69, 9.17) is 4.74 Å². The number of halogens is 3. The van der Waals surface area contributed by atoms with Crippen molar-refractivity contribution >= 4 is 16.7 Å². The van der Waals surface area contributed by atoms with Crippen molar-refractivity contribution in [2.75, 3.05) is 18.5 Å². The summed E-state index contributed by atoms with van der Waals surface area (Å²) >= 11 is 0. The van der Waals surface area contributed by atoms with Crippen molar-refractivity contribution in [2.24, 2.45) is 5.92 Å². The number of rotatable bonds is 7. The molecule has 27 heavy (non-hydrogen) atoms. The van der Waals surface area contributed by atoms with E-state index in [1.54, 1.807) is 23.0 Å². The summed E-state index contributed by atoms with van der Waals surface area (Å²) in [6.45, 7) is 4.27. The molecule has 0 radical (unpaired) electrons. The Bertz CT molecular complexity index is 888. The van der Waals surface area contributed by atoms with Crippen LogP contribution in [0.5, 0.6) is 5.75 Å². The number of pyridine rings is 1. The van der Waals surface area contributed by atoms with Gasteiger partial charge in [-0.2, -0.15) is 18.3 Å². The average molecular weight is 378 g/mol. The highest BCUT2D eigenvalue weighted by atomic mass is 19.4. The molecule has 3 aromatic rings. The van der Waals surface area contributed by atoms with Gasteiger partial charge in [0.25, 0.3) is 0 Å².